The second-order valence-corrected chi connectivity index (χ2v) is 2.94. The van der Waals surface area contributed by atoms with E-state index < -0.39 is 0 Å². The van der Waals surface area contributed by atoms with Gasteiger partial charge in [0, 0.05) is 17.6 Å². The highest BCUT2D eigenvalue weighted by Crippen LogP contribution is 2.20. The minimum atomic E-state index is 1.02. The van der Waals surface area contributed by atoms with Gasteiger partial charge in [-0.25, -0.2) is 0 Å². The molecule has 1 nitrogen and oxygen atoms in total. The molecule has 0 bridgehead atoms. The van der Waals surface area contributed by atoms with Gasteiger partial charge in [0.15, 0.2) is 0 Å². The van der Waals surface area contributed by atoms with Crippen LogP contribution in [-0.2, 0) is 6.42 Å². The van der Waals surface area contributed by atoms with E-state index in [9.17, 15) is 0 Å². The Kier molecular flexibility index (Phi) is 2.83. The Labute approximate surface area is 73.2 Å². The Balaban J connectivity index is 2.99. The molecular weight excluding hydrogens is 154 g/mol. The summed E-state index contributed by atoms with van der Waals surface area (Å²) in [5, 5.41) is 3.07. The predicted molar refractivity (Wildman–Crippen MR) is 52.6 cm³/mol. The standard InChI is InChI=1S/C9H13NS/c1-3-7-4-5-8(10-2)9(11)6-7/h4-6,10-11H,3H2,1-2H3. The van der Waals surface area contributed by atoms with Gasteiger partial charge in [-0.1, -0.05) is 13.0 Å². The molecule has 60 valence electrons. The minimum absolute atomic E-state index is 1.02. The predicted octanol–water partition coefficient (Wildman–Crippen LogP) is 2.58. The van der Waals surface area contributed by atoms with Crippen LogP contribution in [0.4, 0.5) is 5.69 Å². The molecule has 2 heteroatoms. The van der Waals surface area contributed by atoms with Crippen LogP contribution in [0.1, 0.15) is 12.5 Å². The van der Waals surface area contributed by atoms with Crippen LogP contribution in [0.25, 0.3) is 0 Å². The van der Waals surface area contributed by atoms with Crippen LogP contribution >= 0.6 is 12.6 Å². The summed E-state index contributed by atoms with van der Waals surface area (Å²) in [7, 11) is 1.90. The monoisotopic (exact) mass is 167 g/mol. The van der Waals surface area contributed by atoms with Crippen molar-refractivity contribution in [2.45, 2.75) is 18.2 Å². The van der Waals surface area contributed by atoms with Crippen molar-refractivity contribution < 1.29 is 0 Å². The topological polar surface area (TPSA) is 12.0 Å². The molecule has 0 aliphatic carbocycles. The van der Waals surface area contributed by atoms with Crippen LogP contribution in [0.15, 0.2) is 23.1 Å². The molecule has 1 aromatic rings. The summed E-state index contributed by atoms with van der Waals surface area (Å²) in [6, 6.07) is 6.27. The van der Waals surface area contributed by atoms with Crippen LogP contribution < -0.4 is 5.32 Å². The van der Waals surface area contributed by atoms with E-state index in [-0.39, 0.29) is 0 Å². The fourth-order valence-corrected chi connectivity index (χ4v) is 1.36. The Morgan fingerprint density at radius 2 is 2.18 bits per heavy atom. The maximum absolute atomic E-state index is 4.34. The van der Waals surface area contributed by atoms with Gasteiger partial charge >= 0.3 is 0 Å². The largest absolute Gasteiger partial charge is 0.387 e. The van der Waals surface area contributed by atoms with Crippen molar-refractivity contribution in [1.29, 1.82) is 0 Å². The smallest absolute Gasteiger partial charge is 0.0473 e. The average molecular weight is 167 g/mol. The van der Waals surface area contributed by atoms with Crippen molar-refractivity contribution in [2.24, 2.45) is 0 Å². The second-order valence-electron chi connectivity index (χ2n) is 2.46. The molecule has 1 rings (SSSR count). The Morgan fingerprint density at radius 1 is 1.45 bits per heavy atom. The Bertz CT molecular complexity index is 245. The maximum atomic E-state index is 4.34. The fourth-order valence-electron chi connectivity index (χ4n) is 1.01. The van der Waals surface area contributed by atoms with Gasteiger partial charge in [0.05, 0.1) is 0 Å². The zero-order valence-electron chi connectivity index (χ0n) is 6.89. The molecule has 1 N–H and O–H groups in total. The molecule has 0 heterocycles. The number of thiol groups is 1. The highest BCUT2D eigenvalue weighted by atomic mass is 32.1. The summed E-state index contributed by atoms with van der Waals surface area (Å²) in [5.74, 6) is 0. The summed E-state index contributed by atoms with van der Waals surface area (Å²) in [5.41, 5.74) is 2.42. The first-order valence-electron chi connectivity index (χ1n) is 3.77. The zero-order valence-corrected chi connectivity index (χ0v) is 7.78. The maximum Gasteiger partial charge on any atom is 0.0473 e. The lowest BCUT2D eigenvalue weighted by Crippen LogP contribution is -1.90. The van der Waals surface area contributed by atoms with Gasteiger partial charge in [0.2, 0.25) is 0 Å². The molecule has 0 spiro atoms. The van der Waals surface area contributed by atoms with Crippen molar-refractivity contribution >= 4 is 18.3 Å². The van der Waals surface area contributed by atoms with Crippen LogP contribution in [0, 0.1) is 0 Å². The molecule has 0 aliphatic heterocycles. The molecule has 0 saturated heterocycles. The van der Waals surface area contributed by atoms with E-state index in [2.05, 4.69) is 43.1 Å². The number of hydrogen-bond acceptors (Lipinski definition) is 2. The lowest BCUT2D eigenvalue weighted by atomic mass is 10.1. The number of rotatable bonds is 2. The first-order valence-corrected chi connectivity index (χ1v) is 4.22. The Hall–Kier alpha value is -0.630. The molecule has 0 atom stereocenters. The third-order valence-electron chi connectivity index (χ3n) is 1.74. The van der Waals surface area contributed by atoms with E-state index in [1.165, 1.54) is 5.56 Å². The first kappa shape index (κ1) is 8.47. The SMILES string of the molecule is CCc1ccc(NC)c(S)c1. The van der Waals surface area contributed by atoms with Gasteiger partial charge in [0.25, 0.3) is 0 Å². The van der Waals surface area contributed by atoms with Crippen molar-refractivity contribution in [3.8, 4) is 0 Å². The van der Waals surface area contributed by atoms with Gasteiger partial charge < -0.3 is 5.32 Å². The van der Waals surface area contributed by atoms with Gasteiger partial charge in [-0.2, -0.15) is 0 Å². The fraction of sp³-hybridized carbons (Fsp3) is 0.333. The summed E-state index contributed by atoms with van der Waals surface area (Å²) in [6.45, 7) is 2.14. The summed E-state index contributed by atoms with van der Waals surface area (Å²) < 4.78 is 0. The average Bonchev–Trinajstić information content (AvgIpc) is 2.04. The number of anilines is 1. The van der Waals surface area contributed by atoms with Crippen molar-refractivity contribution in [2.75, 3.05) is 12.4 Å². The van der Waals surface area contributed by atoms with E-state index >= 15 is 0 Å². The van der Waals surface area contributed by atoms with Crippen LogP contribution in [0.5, 0.6) is 0 Å². The third kappa shape index (κ3) is 1.90. The molecule has 0 aromatic heterocycles. The summed E-state index contributed by atoms with van der Waals surface area (Å²) in [6.07, 6.45) is 1.07. The lowest BCUT2D eigenvalue weighted by Gasteiger charge is -2.04. The number of benzene rings is 1. The lowest BCUT2D eigenvalue weighted by molar-refractivity contribution is 1.12. The Morgan fingerprint density at radius 3 is 2.64 bits per heavy atom. The van der Waals surface area contributed by atoms with Gasteiger partial charge in [-0.3, -0.25) is 0 Å². The van der Waals surface area contributed by atoms with Gasteiger partial charge in [-0.15, -0.1) is 12.6 Å². The third-order valence-corrected chi connectivity index (χ3v) is 2.11. The number of nitrogens with one attached hydrogen (secondary N) is 1. The zero-order chi connectivity index (χ0) is 8.27. The van der Waals surface area contributed by atoms with Crippen molar-refractivity contribution in [3.05, 3.63) is 23.8 Å². The van der Waals surface area contributed by atoms with Gasteiger partial charge in [0.1, 0.15) is 0 Å². The molecule has 0 saturated carbocycles. The van der Waals surface area contributed by atoms with E-state index in [1.54, 1.807) is 0 Å². The van der Waals surface area contributed by atoms with E-state index in [4.69, 9.17) is 0 Å². The highest BCUT2D eigenvalue weighted by Gasteiger charge is 1.95. The highest BCUT2D eigenvalue weighted by molar-refractivity contribution is 7.80. The molecule has 11 heavy (non-hydrogen) atoms. The summed E-state index contributed by atoms with van der Waals surface area (Å²) >= 11 is 4.34. The second kappa shape index (κ2) is 3.67. The van der Waals surface area contributed by atoms with E-state index in [1.807, 2.05) is 7.05 Å². The summed E-state index contributed by atoms with van der Waals surface area (Å²) in [4.78, 5) is 1.02. The number of aryl methyl sites for hydroxylation is 1. The first-order chi connectivity index (χ1) is 5.27. The molecular formula is C9H13NS. The van der Waals surface area contributed by atoms with Gasteiger partial charge in [-0.05, 0) is 24.1 Å². The normalized spacial score (nSPS) is 9.73. The quantitative estimate of drug-likeness (QED) is 0.645. The van der Waals surface area contributed by atoms with E-state index in [0.29, 0.717) is 0 Å². The molecule has 0 aliphatic rings. The van der Waals surface area contributed by atoms with E-state index in [0.717, 1.165) is 17.0 Å². The molecule has 0 fully saturated rings. The molecule has 0 radical (unpaired) electrons. The van der Waals surface area contributed by atoms with Crippen LogP contribution in [-0.4, -0.2) is 7.05 Å². The number of hydrogen-bond donors (Lipinski definition) is 2. The molecule has 0 unspecified atom stereocenters. The molecule has 1 aromatic carbocycles. The van der Waals surface area contributed by atoms with Crippen molar-refractivity contribution in [1.82, 2.24) is 0 Å². The molecule has 0 amide bonds. The van der Waals surface area contributed by atoms with Crippen LogP contribution in [0.3, 0.4) is 0 Å². The van der Waals surface area contributed by atoms with Crippen LogP contribution in [0.2, 0.25) is 0 Å². The minimum Gasteiger partial charge on any atom is -0.387 e. The van der Waals surface area contributed by atoms with Crippen molar-refractivity contribution in [3.63, 3.8) is 0 Å².